The van der Waals surface area contributed by atoms with E-state index in [9.17, 15) is 0 Å². The lowest BCUT2D eigenvalue weighted by molar-refractivity contribution is 0.483. The predicted octanol–water partition coefficient (Wildman–Crippen LogP) is 3.24. The van der Waals surface area contributed by atoms with Crippen molar-refractivity contribution in [3.63, 3.8) is 0 Å². The van der Waals surface area contributed by atoms with Gasteiger partial charge >= 0.3 is 0 Å². The van der Waals surface area contributed by atoms with Crippen LogP contribution in [-0.4, -0.2) is 12.6 Å². The lowest BCUT2D eigenvalue weighted by Crippen LogP contribution is -2.25. The summed E-state index contributed by atoms with van der Waals surface area (Å²) in [5.41, 5.74) is 6.73. The molecule has 18 heavy (non-hydrogen) atoms. The molecule has 2 aromatic rings. The van der Waals surface area contributed by atoms with Crippen molar-refractivity contribution in [2.75, 3.05) is 11.9 Å². The molecule has 0 aliphatic rings. The van der Waals surface area contributed by atoms with Crippen molar-refractivity contribution in [3.8, 4) is 11.5 Å². The van der Waals surface area contributed by atoms with Crippen molar-refractivity contribution >= 4 is 5.69 Å². The third kappa shape index (κ3) is 3.79. The first-order valence-corrected chi connectivity index (χ1v) is 6.06. The Morgan fingerprint density at radius 1 is 1.00 bits per heavy atom. The standard InChI is InChI=1S/C15H18N2O/c1-12(16)11-17-13-7-9-15(10-8-13)18-14-5-3-2-4-6-14/h2-10,12,17H,11,16H2,1H3. The van der Waals surface area contributed by atoms with E-state index >= 15 is 0 Å². The molecule has 94 valence electrons. The summed E-state index contributed by atoms with van der Waals surface area (Å²) in [6.45, 7) is 2.73. The number of nitrogens with two attached hydrogens (primary N) is 1. The number of benzene rings is 2. The molecule has 0 heterocycles. The van der Waals surface area contributed by atoms with Crippen LogP contribution < -0.4 is 15.8 Å². The molecule has 0 aliphatic carbocycles. The van der Waals surface area contributed by atoms with Gasteiger partial charge in [-0.25, -0.2) is 0 Å². The number of anilines is 1. The maximum absolute atomic E-state index is 5.71. The second-order valence-electron chi connectivity index (χ2n) is 4.30. The van der Waals surface area contributed by atoms with Crippen molar-refractivity contribution in [2.45, 2.75) is 13.0 Å². The molecule has 0 radical (unpaired) electrons. The first-order chi connectivity index (χ1) is 8.74. The lowest BCUT2D eigenvalue weighted by atomic mass is 10.2. The number of para-hydroxylation sites is 1. The summed E-state index contributed by atoms with van der Waals surface area (Å²) in [5, 5.41) is 3.25. The fourth-order valence-electron chi connectivity index (χ4n) is 1.54. The molecule has 0 saturated carbocycles. The van der Waals surface area contributed by atoms with Gasteiger partial charge in [-0.1, -0.05) is 18.2 Å². The van der Waals surface area contributed by atoms with E-state index < -0.39 is 0 Å². The summed E-state index contributed by atoms with van der Waals surface area (Å²) in [6, 6.07) is 17.7. The molecule has 2 rings (SSSR count). The van der Waals surface area contributed by atoms with Crippen molar-refractivity contribution in [2.24, 2.45) is 5.73 Å². The van der Waals surface area contributed by atoms with Gasteiger partial charge in [0.25, 0.3) is 0 Å². The van der Waals surface area contributed by atoms with Crippen LogP contribution in [0.5, 0.6) is 11.5 Å². The van der Waals surface area contributed by atoms with E-state index in [4.69, 9.17) is 10.5 Å². The Morgan fingerprint density at radius 2 is 1.61 bits per heavy atom. The minimum Gasteiger partial charge on any atom is -0.457 e. The van der Waals surface area contributed by atoms with Crippen LogP contribution >= 0.6 is 0 Å². The molecule has 0 saturated heterocycles. The largest absolute Gasteiger partial charge is 0.457 e. The third-order valence-corrected chi connectivity index (χ3v) is 2.46. The Labute approximate surface area is 108 Å². The molecule has 3 N–H and O–H groups in total. The van der Waals surface area contributed by atoms with Gasteiger partial charge < -0.3 is 15.8 Å². The highest BCUT2D eigenvalue weighted by Gasteiger charge is 1.98. The second kappa shape index (κ2) is 6.07. The molecule has 1 unspecified atom stereocenters. The average Bonchev–Trinajstić information content (AvgIpc) is 2.39. The van der Waals surface area contributed by atoms with Gasteiger partial charge in [0.2, 0.25) is 0 Å². The quantitative estimate of drug-likeness (QED) is 0.846. The summed E-state index contributed by atoms with van der Waals surface area (Å²) in [5.74, 6) is 1.67. The van der Waals surface area contributed by atoms with Gasteiger partial charge in [0.1, 0.15) is 11.5 Å². The monoisotopic (exact) mass is 242 g/mol. The number of nitrogens with one attached hydrogen (secondary N) is 1. The van der Waals surface area contributed by atoms with Crippen molar-refractivity contribution < 1.29 is 4.74 Å². The zero-order valence-corrected chi connectivity index (χ0v) is 10.5. The summed E-state index contributed by atoms with van der Waals surface area (Å²) < 4.78 is 5.71. The van der Waals surface area contributed by atoms with Crippen LogP contribution in [0.4, 0.5) is 5.69 Å². The van der Waals surface area contributed by atoms with E-state index in [1.165, 1.54) is 0 Å². The number of hydrogen-bond acceptors (Lipinski definition) is 3. The van der Waals surface area contributed by atoms with Crippen molar-refractivity contribution in [3.05, 3.63) is 54.6 Å². The van der Waals surface area contributed by atoms with Gasteiger partial charge in [0, 0.05) is 18.3 Å². The van der Waals surface area contributed by atoms with Crippen LogP contribution in [0, 0.1) is 0 Å². The normalized spacial score (nSPS) is 11.9. The maximum atomic E-state index is 5.71. The van der Waals surface area contributed by atoms with E-state index in [-0.39, 0.29) is 6.04 Å². The molecule has 0 bridgehead atoms. The zero-order chi connectivity index (χ0) is 12.8. The van der Waals surface area contributed by atoms with Gasteiger partial charge in [-0.15, -0.1) is 0 Å². The molecular weight excluding hydrogens is 224 g/mol. The molecule has 1 atom stereocenters. The summed E-state index contributed by atoms with van der Waals surface area (Å²) in [6.07, 6.45) is 0. The van der Waals surface area contributed by atoms with Crippen LogP contribution in [-0.2, 0) is 0 Å². The SMILES string of the molecule is CC(N)CNc1ccc(Oc2ccccc2)cc1. The molecule has 2 aromatic carbocycles. The first-order valence-electron chi connectivity index (χ1n) is 6.06. The van der Waals surface area contributed by atoms with Gasteiger partial charge in [0.15, 0.2) is 0 Å². The lowest BCUT2D eigenvalue weighted by Gasteiger charge is -2.10. The Bertz CT molecular complexity index is 466. The van der Waals surface area contributed by atoms with Crippen LogP contribution in [0.3, 0.4) is 0 Å². The molecule has 0 aliphatic heterocycles. The topological polar surface area (TPSA) is 47.3 Å². The molecule has 3 heteroatoms. The van der Waals surface area contributed by atoms with Gasteiger partial charge in [-0.2, -0.15) is 0 Å². The van der Waals surface area contributed by atoms with Gasteiger partial charge in [-0.3, -0.25) is 0 Å². The predicted molar refractivity (Wildman–Crippen MR) is 75.1 cm³/mol. The minimum absolute atomic E-state index is 0.144. The molecule has 0 aromatic heterocycles. The molecule has 0 fully saturated rings. The van der Waals surface area contributed by atoms with Crippen molar-refractivity contribution in [1.29, 1.82) is 0 Å². The summed E-state index contributed by atoms with van der Waals surface area (Å²) in [4.78, 5) is 0. The van der Waals surface area contributed by atoms with Crippen LogP contribution in [0.1, 0.15) is 6.92 Å². The van der Waals surface area contributed by atoms with Gasteiger partial charge in [-0.05, 0) is 43.3 Å². The number of rotatable bonds is 5. The fourth-order valence-corrected chi connectivity index (χ4v) is 1.54. The molecule has 3 nitrogen and oxygen atoms in total. The Balaban J connectivity index is 1.95. The molecule has 0 amide bonds. The highest BCUT2D eigenvalue weighted by atomic mass is 16.5. The third-order valence-electron chi connectivity index (χ3n) is 2.46. The van der Waals surface area contributed by atoms with E-state index in [2.05, 4.69) is 5.32 Å². The van der Waals surface area contributed by atoms with E-state index in [0.29, 0.717) is 0 Å². The second-order valence-corrected chi connectivity index (χ2v) is 4.30. The van der Waals surface area contributed by atoms with Crippen LogP contribution in [0.15, 0.2) is 54.6 Å². The van der Waals surface area contributed by atoms with Crippen molar-refractivity contribution in [1.82, 2.24) is 0 Å². The zero-order valence-electron chi connectivity index (χ0n) is 10.5. The fraction of sp³-hybridized carbons (Fsp3) is 0.200. The smallest absolute Gasteiger partial charge is 0.127 e. The van der Waals surface area contributed by atoms with E-state index in [0.717, 1.165) is 23.7 Å². The highest BCUT2D eigenvalue weighted by molar-refractivity contribution is 5.47. The molecular formula is C15H18N2O. The highest BCUT2D eigenvalue weighted by Crippen LogP contribution is 2.22. The maximum Gasteiger partial charge on any atom is 0.127 e. The van der Waals surface area contributed by atoms with Crippen LogP contribution in [0.25, 0.3) is 0 Å². The van der Waals surface area contributed by atoms with Gasteiger partial charge in [0.05, 0.1) is 0 Å². The first kappa shape index (κ1) is 12.5. The van der Waals surface area contributed by atoms with E-state index in [1.807, 2.05) is 61.5 Å². The van der Waals surface area contributed by atoms with E-state index in [1.54, 1.807) is 0 Å². The average molecular weight is 242 g/mol. The minimum atomic E-state index is 0.144. The Morgan fingerprint density at radius 3 is 2.22 bits per heavy atom. The Hall–Kier alpha value is -2.00. The molecule has 0 spiro atoms. The van der Waals surface area contributed by atoms with Crippen LogP contribution in [0.2, 0.25) is 0 Å². The number of hydrogen-bond donors (Lipinski definition) is 2. The Kier molecular flexibility index (Phi) is 4.20. The number of ether oxygens (including phenoxy) is 1. The summed E-state index contributed by atoms with van der Waals surface area (Å²) >= 11 is 0. The summed E-state index contributed by atoms with van der Waals surface area (Å²) in [7, 11) is 0.